The Morgan fingerprint density at radius 3 is 2.89 bits per heavy atom. The molecule has 5 rings (SSSR count). The van der Waals surface area contributed by atoms with Gasteiger partial charge in [-0.3, -0.25) is 9.48 Å². The normalized spacial score (nSPS) is 22.2. The van der Waals surface area contributed by atoms with Gasteiger partial charge in [0.25, 0.3) is 5.56 Å². The topological polar surface area (TPSA) is 110 Å². The molecule has 1 aliphatic rings. The molecular weight excluding hydrogens is 342 g/mol. The summed E-state index contributed by atoms with van der Waals surface area (Å²) >= 11 is 0. The zero-order valence-corrected chi connectivity index (χ0v) is 14.8. The minimum Gasteiger partial charge on any atom is -0.390 e. The number of aromatic amines is 1. The van der Waals surface area contributed by atoms with E-state index in [1.807, 2.05) is 41.9 Å². The van der Waals surface area contributed by atoms with E-state index in [2.05, 4.69) is 9.97 Å². The van der Waals surface area contributed by atoms with Crippen molar-refractivity contribution in [3.63, 3.8) is 0 Å². The number of nitrogens with one attached hydrogen (secondary N) is 1. The Kier molecular flexibility index (Phi) is 3.21. The van der Waals surface area contributed by atoms with Gasteiger partial charge in [-0.25, -0.2) is 4.98 Å². The third-order valence-electron chi connectivity index (χ3n) is 5.39. The number of nitrogens with two attached hydrogens (primary N) is 1. The molecule has 0 aliphatic heterocycles. The third kappa shape index (κ3) is 2.43. The summed E-state index contributed by atoms with van der Waals surface area (Å²) in [5.74, 6) is 0.405. The van der Waals surface area contributed by atoms with Gasteiger partial charge in [0.05, 0.1) is 22.5 Å². The van der Waals surface area contributed by atoms with E-state index in [-0.39, 0.29) is 11.6 Å². The van der Waals surface area contributed by atoms with Crippen molar-refractivity contribution in [2.24, 2.45) is 0 Å². The van der Waals surface area contributed by atoms with Crippen LogP contribution >= 0.6 is 0 Å². The van der Waals surface area contributed by atoms with Crippen molar-refractivity contribution in [1.29, 1.82) is 0 Å². The summed E-state index contributed by atoms with van der Waals surface area (Å²) in [5.41, 5.74) is 7.79. The zero-order chi connectivity index (χ0) is 18.8. The van der Waals surface area contributed by atoms with Crippen molar-refractivity contribution < 1.29 is 5.11 Å². The summed E-state index contributed by atoms with van der Waals surface area (Å²) < 4.78 is 1.93. The van der Waals surface area contributed by atoms with Crippen LogP contribution in [0.3, 0.4) is 0 Å². The van der Waals surface area contributed by atoms with Gasteiger partial charge >= 0.3 is 0 Å². The Hall–Kier alpha value is -3.19. The molecule has 1 saturated carbocycles. The summed E-state index contributed by atoms with van der Waals surface area (Å²) in [6.07, 6.45) is 4.59. The van der Waals surface area contributed by atoms with Gasteiger partial charge in [-0.2, -0.15) is 5.10 Å². The molecule has 0 atom stereocenters. The van der Waals surface area contributed by atoms with Crippen LogP contribution in [0.4, 0.5) is 5.82 Å². The molecule has 0 saturated heterocycles. The highest BCUT2D eigenvalue weighted by molar-refractivity contribution is 6.01. The van der Waals surface area contributed by atoms with Crippen LogP contribution in [0.15, 0.2) is 47.5 Å². The van der Waals surface area contributed by atoms with Crippen LogP contribution < -0.4 is 11.3 Å². The fourth-order valence-corrected chi connectivity index (χ4v) is 4.05. The van der Waals surface area contributed by atoms with Crippen molar-refractivity contribution in [3.8, 4) is 11.3 Å². The lowest BCUT2D eigenvalue weighted by atomic mass is 9.77. The molecule has 0 radical (unpaired) electrons. The SMILES string of the molecule is CC1(O)CC(n2nc(-c3ccc4cc[nH]c(=O)c4c3)c3c(N)nccc32)C1. The van der Waals surface area contributed by atoms with Gasteiger partial charge in [0.1, 0.15) is 11.5 Å². The monoisotopic (exact) mass is 361 g/mol. The van der Waals surface area contributed by atoms with E-state index in [4.69, 9.17) is 10.8 Å². The van der Waals surface area contributed by atoms with Crippen LogP contribution in [0.5, 0.6) is 0 Å². The molecule has 1 aliphatic carbocycles. The number of fused-ring (bicyclic) bond motifs is 2. The van der Waals surface area contributed by atoms with Gasteiger partial charge in [-0.15, -0.1) is 0 Å². The first-order valence-electron chi connectivity index (χ1n) is 8.90. The second-order valence-electron chi connectivity index (χ2n) is 7.55. The summed E-state index contributed by atoms with van der Waals surface area (Å²) in [6, 6.07) is 9.56. The van der Waals surface area contributed by atoms with Crippen LogP contribution in [0.25, 0.3) is 32.9 Å². The largest absolute Gasteiger partial charge is 0.390 e. The van der Waals surface area contributed by atoms with Crippen molar-refractivity contribution in [2.75, 3.05) is 5.73 Å². The minimum absolute atomic E-state index is 0.113. The van der Waals surface area contributed by atoms with Crippen LogP contribution in [-0.4, -0.2) is 30.5 Å². The Labute approximate surface area is 154 Å². The number of hydrogen-bond donors (Lipinski definition) is 3. The molecule has 7 nitrogen and oxygen atoms in total. The molecule has 1 aromatic carbocycles. The average molecular weight is 361 g/mol. The van der Waals surface area contributed by atoms with Crippen molar-refractivity contribution >= 4 is 27.5 Å². The Balaban J connectivity index is 1.74. The first-order valence-corrected chi connectivity index (χ1v) is 8.90. The molecule has 0 spiro atoms. The average Bonchev–Trinajstić information content (AvgIpc) is 3.00. The number of anilines is 1. The quantitative estimate of drug-likeness (QED) is 0.508. The molecule has 7 heteroatoms. The van der Waals surface area contributed by atoms with Crippen LogP contribution in [0.1, 0.15) is 25.8 Å². The molecule has 136 valence electrons. The molecular formula is C20H19N5O2. The Morgan fingerprint density at radius 2 is 2.11 bits per heavy atom. The fraction of sp³-hybridized carbons (Fsp3) is 0.250. The number of aliphatic hydroxyl groups is 1. The number of hydrogen-bond acceptors (Lipinski definition) is 5. The molecule has 4 aromatic rings. The summed E-state index contributed by atoms with van der Waals surface area (Å²) in [7, 11) is 0. The smallest absolute Gasteiger partial charge is 0.255 e. The van der Waals surface area contributed by atoms with Crippen molar-refractivity contribution in [3.05, 3.63) is 53.1 Å². The van der Waals surface area contributed by atoms with Gasteiger partial charge < -0.3 is 15.8 Å². The van der Waals surface area contributed by atoms with E-state index in [9.17, 15) is 9.90 Å². The van der Waals surface area contributed by atoms with E-state index >= 15 is 0 Å². The minimum atomic E-state index is -0.655. The van der Waals surface area contributed by atoms with Gasteiger partial charge in [0.15, 0.2) is 0 Å². The predicted octanol–water partition coefficient (Wildman–Crippen LogP) is 2.61. The number of rotatable bonds is 2. The number of nitrogens with zero attached hydrogens (tertiary/aromatic N) is 3. The van der Waals surface area contributed by atoms with Gasteiger partial charge in [-0.05, 0) is 43.4 Å². The van der Waals surface area contributed by atoms with E-state index in [0.717, 1.165) is 21.9 Å². The maximum atomic E-state index is 12.2. The predicted molar refractivity (Wildman–Crippen MR) is 104 cm³/mol. The van der Waals surface area contributed by atoms with E-state index in [0.29, 0.717) is 29.7 Å². The Morgan fingerprint density at radius 1 is 1.30 bits per heavy atom. The van der Waals surface area contributed by atoms with Crippen LogP contribution in [-0.2, 0) is 0 Å². The molecule has 4 N–H and O–H groups in total. The van der Waals surface area contributed by atoms with Gasteiger partial charge in [0.2, 0.25) is 0 Å². The molecule has 3 heterocycles. The number of pyridine rings is 2. The highest BCUT2D eigenvalue weighted by Gasteiger charge is 2.41. The number of nitrogen functional groups attached to an aromatic ring is 1. The molecule has 0 amide bonds. The molecule has 1 fully saturated rings. The molecule has 0 bridgehead atoms. The summed E-state index contributed by atoms with van der Waals surface area (Å²) in [5, 5.41) is 17.2. The second-order valence-corrected chi connectivity index (χ2v) is 7.55. The lowest BCUT2D eigenvalue weighted by Gasteiger charge is -2.41. The fourth-order valence-electron chi connectivity index (χ4n) is 4.05. The highest BCUT2D eigenvalue weighted by atomic mass is 16.3. The molecule has 27 heavy (non-hydrogen) atoms. The summed E-state index contributed by atoms with van der Waals surface area (Å²) in [6.45, 7) is 1.83. The molecule has 0 unspecified atom stereocenters. The van der Waals surface area contributed by atoms with Crippen molar-refractivity contribution in [1.82, 2.24) is 19.7 Å². The zero-order valence-electron chi connectivity index (χ0n) is 14.8. The first kappa shape index (κ1) is 16.0. The van der Waals surface area contributed by atoms with Crippen molar-refractivity contribution in [2.45, 2.75) is 31.4 Å². The van der Waals surface area contributed by atoms with Gasteiger partial charge in [0, 0.05) is 23.3 Å². The highest BCUT2D eigenvalue weighted by Crippen LogP contribution is 2.43. The first-order chi connectivity index (χ1) is 12.9. The van der Waals surface area contributed by atoms with Gasteiger partial charge in [-0.1, -0.05) is 12.1 Å². The van der Waals surface area contributed by atoms with Crippen LogP contribution in [0.2, 0.25) is 0 Å². The maximum absolute atomic E-state index is 12.2. The number of H-pyrrole nitrogens is 1. The van der Waals surface area contributed by atoms with E-state index < -0.39 is 5.60 Å². The third-order valence-corrected chi connectivity index (χ3v) is 5.39. The van der Waals surface area contributed by atoms with E-state index in [1.165, 1.54) is 0 Å². The standard InChI is InChI=1S/C20H19N5O2/c1-20(27)9-13(10-20)25-15-5-7-22-18(21)16(15)17(24-25)12-3-2-11-4-6-23-19(26)14(11)8-12/h2-8,13,27H,9-10H2,1H3,(H2,21,22)(H,23,26). The maximum Gasteiger partial charge on any atom is 0.255 e. The second kappa shape index (κ2) is 5.40. The lowest BCUT2D eigenvalue weighted by molar-refractivity contribution is -0.0529. The van der Waals surface area contributed by atoms with E-state index in [1.54, 1.807) is 12.4 Å². The lowest BCUT2D eigenvalue weighted by Crippen LogP contribution is -2.42. The van der Waals surface area contributed by atoms with Crippen LogP contribution in [0, 0.1) is 0 Å². The number of benzene rings is 1. The molecule has 3 aromatic heterocycles. The summed E-state index contributed by atoms with van der Waals surface area (Å²) in [4.78, 5) is 19.1. The Bertz CT molecular complexity index is 1250. The number of aromatic nitrogens is 4.